The van der Waals surface area contributed by atoms with Crippen LogP contribution in [0.3, 0.4) is 0 Å². The summed E-state index contributed by atoms with van der Waals surface area (Å²) >= 11 is 0. The molecule has 0 aromatic heterocycles. The Morgan fingerprint density at radius 2 is 1.74 bits per heavy atom. The third-order valence-electron chi connectivity index (χ3n) is 5.67. The van der Waals surface area contributed by atoms with E-state index >= 15 is 0 Å². The van der Waals surface area contributed by atoms with E-state index in [2.05, 4.69) is 10.2 Å². The van der Waals surface area contributed by atoms with Gasteiger partial charge in [-0.25, -0.2) is 0 Å². The predicted octanol–water partition coefficient (Wildman–Crippen LogP) is 4.57. The molecule has 0 bridgehead atoms. The molecule has 0 aliphatic carbocycles. The second-order valence-electron chi connectivity index (χ2n) is 7.98. The van der Waals surface area contributed by atoms with E-state index in [1.807, 2.05) is 42.5 Å². The number of amides is 1. The van der Waals surface area contributed by atoms with Crippen LogP contribution in [0.5, 0.6) is 11.5 Å². The molecule has 3 aromatic rings. The zero-order valence-electron chi connectivity index (χ0n) is 19.4. The zero-order valence-corrected chi connectivity index (χ0v) is 19.4. The lowest BCUT2D eigenvalue weighted by Crippen LogP contribution is -2.36. The summed E-state index contributed by atoms with van der Waals surface area (Å²) in [6, 6.07) is 20.3. The number of anilines is 2. The molecule has 1 heterocycles. The number of hydrogen-bond acceptors (Lipinski definition) is 6. The Kier molecular flexibility index (Phi) is 7.44. The van der Waals surface area contributed by atoms with Gasteiger partial charge in [0, 0.05) is 29.9 Å². The molecular formula is C27H28N2O5. The lowest BCUT2D eigenvalue weighted by molar-refractivity contribution is 0.101. The fourth-order valence-corrected chi connectivity index (χ4v) is 3.81. The van der Waals surface area contributed by atoms with Crippen molar-refractivity contribution in [2.75, 3.05) is 43.6 Å². The lowest BCUT2D eigenvalue weighted by atomic mass is 10.1. The number of ether oxygens (including phenoxy) is 3. The molecule has 1 aliphatic heterocycles. The van der Waals surface area contributed by atoms with Crippen molar-refractivity contribution >= 4 is 23.1 Å². The quantitative estimate of drug-likeness (QED) is 0.497. The van der Waals surface area contributed by atoms with E-state index in [1.54, 1.807) is 24.3 Å². The number of benzene rings is 3. The van der Waals surface area contributed by atoms with Gasteiger partial charge in [0.25, 0.3) is 5.91 Å². The summed E-state index contributed by atoms with van der Waals surface area (Å²) in [7, 11) is 1.53. The topological polar surface area (TPSA) is 77.1 Å². The number of Topliss-reactive ketones (excluding diaryl/α,β-unsaturated/α-hetero) is 1. The number of morpholine rings is 1. The van der Waals surface area contributed by atoms with Crippen LogP contribution in [0.4, 0.5) is 11.4 Å². The van der Waals surface area contributed by atoms with Gasteiger partial charge in [-0.15, -0.1) is 0 Å². The highest BCUT2D eigenvalue weighted by Gasteiger charge is 2.18. The van der Waals surface area contributed by atoms with Crippen LogP contribution >= 0.6 is 0 Å². The SMILES string of the molecule is COc1cc(C(=O)Nc2ccc(N3CCOCC3)cc2C(C)=O)ccc1OCc1ccccc1. The first kappa shape index (κ1) is 23.3. The molecule has 1 saturated heterocycles. The maximum Gasteiger partial charge on any atom is 0.255 e. The average molecular weight is 461 g/mol. The van der Waals surface area contributed by atoms with Crippen LogP contribution in [0.15, 0.2) is 66.7 Å². The first-order chi connectivity index (χ1) is 16.5. The van der Waals surface area contributed by atoms with Crippen molar-refractivity contribution in [1.82, 2.24) is 0 Å². The first-order valence-electron chi connectivity index (χ1n) is 11.2. The highest BCUT2D eigenvalue weighted by Crippen LogP contribution is 2.30. The fraction of sp³-hybridized carbons (Fsp3) is 0.259. The molecule has 176 valence electrons. The van der Waals surface area contributed by atoms with Gasteiger partial charge in [-0.05, 0) is 48.9 Å². The number of methoxy groups -OCH3 is 1. The maximum absolute atomic E-state index is 13.0. The van der Waals surface area contributed by atoms with Crippen molar-refractivity contribution in [2.45, 2.75) is 13.5 Å². The molecule has 3 aromatic carbocycles. The third-order valence-corrected chi connectivity index (χ3v) is 5.67. The van der Waals surface area contributed by atoms with Gasteiger partial charge >= 0.3 is 0 Å². The second-order valence-corrected chi connectivity index (χ2v) is 7.98. The minimum atomic E-state index is -0.338. The molecule has 4 rings (SSSR count). The fourth-order valence-electron chi connectivity index (χ4n) is 3.81. The van der Waals surface area contributed by atoms with Crippen molar-refractivity contribution in [3.05, 3.63) is 83.4 Å². The molecule has 0 atom stereocenters. The monoisotopic (exact) mass is 460 g/mol. The summed E-state index contributed by atoms with van der Waals surface area (Å²) in [4.78, 5) is 27.5. The molecule has 0 spiro atoms. The number of ketones is 1. The molecule has 7 nitrogen and oxygen atoms in total. The summed E-state index contributed by atoms with van der Waals surface area (Å²) in [5, 5.41) is 2.87. The van der Waals surface area contributed by atoms with Crippen molar-refractivity contribution in [3.8, 4) is 11.5 Å². The number of nitrogens with zero attached hydrogens (tertiary/aromatic N) is 1. The van der Waals surface area contributed by atoms with E-state index in [1.165, 1.54) is 14.0 Å². The van der Waals surface area contributed by atoms with Crippen LogP contribution in [0.1, 0.15) is 33.2 Å². The number of carbonyl (C=O) groups excluding carboxylic acids is 2. The number of carbonyl (C=O) groups is 2. The highest BCUT2D eigenvalue weighted by molar-refractivity contribution is 6.09. The van der Waals surface area contributed by atoms with Gasteiger partial charge in [0.1, 0.15) is 6.61 Å². The number of hydrogen-bond donors (Lipinski definition) is 1. The van der Waals surface area contributed by atoms with E-state index in [0.29, 0.717) is 48.1 Å². The van der Waals surface area contributed by atoms with Crippen molar-refractivity contribution in [1.29, 1.82) is 0 Å². The van der Waals surface area contributed by atoms with Crippen LogP contribution in [0.2, 0.25) is 0 Å². The molecule has 1 N–H and O–H groups in total. The number of nitrogens with one attached hydrogen (secondary N) is 1. The first-order valence-corrected chi connectivity index (χ1v) is 11.2. The minimum absolute atomic E-state index is 0.118. The lowest BCUT2D eigenvalue weighted by Gasteiger charge is -2.29. The van der Waals surface area contributed by atoms with E-state index in [0.717, 1.165) is 24.3 Å². The minimum Gasteiger partial charge on any atom is -0.493 e. The Labute approximate surface area is 199 Å². The molecule has 0 radical (unpaired) electrons. The standard InChI is InChI=1S/C27H28N2O5/c1-19(30)23-17-22(29-12-14-33-15-13-29)9-10-24(23)28-27(31)21-8-11-25(26(16-21)32-2)34-18-20-6-4-3-5-7-20/h3-11,16-17H,12-15,18H2,1-2H3,(H,28,31). The molecule has 1 amide bonds. The summed E-state index contributed by atoms with van der Waals surface area (Å²) in [6.07, 6.45) is 0. The van der Waals surface area contributed by atoms with Crippen molar-refractivity contribution in [3.63, 3.8) is 0 Å². The van der Waals surface area contributed by atoms with Crippen LogP contribution in [0, 0.1) is 0 Å². The Balaban J connectivity index is 1.49. The van der Waals surface area contributed by atoms with E-state index in [4.69, 9.17) is 14.2 Å². The van der Waals surface area contributed by atoms with Crippen molar-refractivity contribution < 1.29 is 23.8 Å². The normalized spacial score (nSPS) is 13.3. The maximum atomic E-state index is 13.0. The van der Waals surface area contributed by atoms with Gasteiger partial charge in [0.2, 0.25) is 0 Å². The van der Waals surface area contributed by atoms with Crippen molar-refractivity contribution in [2.24, 2.45) is 0 Å². The molecule has 34 heavy (non-hydrogen) atoms. The summed E-state index contributed by atoms with van der Waals surface area (Å²) in [5.41, 5.74) is 3.30. The molecule has 1 fully saturated rings. The molecule has 0 unspecified atom stereocenters. The van der Waals surface area contributed by atoms with Gasteiger partial charge < -0.3 is 24.4 Å². The Bertz CT molecular complexity index is 1160. The van der Waals surface area contributed by atoms with Gasteiger partial charge in [-0.3, -0.25) is 9.59 Å². The van der Waals surface area contributed by atoms with E-state index in [-0.39, 0.29) is 11.7 Å². The Morgan fingerprint density at radius 3 is 2.44 bits per heavy atom. The predicted molar refractivity (Wildman–Crippen MR) is 131 cm³/mol. The van der Waals surface area contributed by atoms with Crippen LogP contribution < -0.4 is 19.7 Å². The smallest absolute Gasteiger partial charge is 0.255 e. The third kappa shape index (κ3) is 5.55. The summed E-state index contributed by atoms with van der Waals surface area (Å²) < 4.78 is 16.7. The second kappa shape index (κ2) is 10.9. The van der Waals surface area contributed by atoms with E-state index in [9.17, 15) is 9.59 Å². The molecule has 1 aliphatic rings. The van der Waals surface area contributed by atoms with Gasteiger partial charge in [0.05, 0.1) is 26.0 Å². The zero-order chi connectivity index (χ0) is 23.9. The van der Waals surface area contributed by atoms with Crippen LogP contribution in [-0.4, -0.2) is 45.1 Å². The molecule has 7 heteroatoms. The average Bonchev–Trinajstić information content (AvgIpc) is 2.88. The van der Waals surface area contributed by atoms with Gasteiger partial charge in [-0.2, -0.15) is 0 Å². The molecule has 0 saturated carbocycles. The van der Waals surface area contributed by atoms with E-state index < -0.39 is 0 Å². The van der Waals surface area contributed by atoms with Crippen LogP contribution in [-0.2, 0) is 11.3 Å². The molecular weight excluding hydrogens is 432 g/mol. The Morgan fingerprint density at radius 1 is 0.971 bits per heavy atom. The Hall–Kier alpha value is -3.84. The van der Waals surface area contributed by atoms with Gasteiger partial charge in [0.15, 0.2) is 17.3 Å². The summed E-state index contributed by atoms with van der Waals surface area (Å²) in [5.74, 6) is 0.544. The largest absolute Gasteiger partial charge is 0.493 e. The van der Waals surface area contributed by atoms with Gasteiger partial charge in [-0.1, -0.05) is 30.3 Å². The number of rotatable bonds is 8. The summed E-state index contributed by atoms with van der Waals surface area (Å²) in [6.45, 7) is 4.72. The highest BCUT2D eigenvalue weighted by atomic mass is 16.5. The van der Waals surface area contributed by atoms with Crippen LogP contribution in [0.25, 0.3) is 0 Å².